The molecule has 3 aliphatic carbocycles. The predicted octanol–water partition coefficient (Wildman–Crippen LogP) is 5.40. The van der Waals surface area contributed by atoms with E-state index in [-0.39, 0.29) is 5.41 Å². The predicted molar refractivity (Wildman–Crippen MR) is 139 cm³/mol. The van der Waals surface area contributed by atoms with Crippen LogP contribution in [-0.2, 0) is 0 Å². The number of rotatable bonds is 7. The van der Waals surface area contributed by atoms with Crippen LogP contribution in [0.3, 0.4) is 0 Å². The first-order valence-corrected chi connectivity index (χ1v) is 13.2. The molecule has 4 N–H and O–H groups in total. The van der Waals surface area contributed by atoms with Crippen molar-refractivity contribution >= 4 is 0 Å². The summed E-state index contributed by atoms with van der Waals surface area (Å²) in [7, 11) is 0. The molecule has 8 atom stereocenters. The minimum Gasteiger partial charge on any atom is -0.393 e. The number of hydrogen-bond acceptors (Lipinski definition) is 4. The molecule has 0 aliphatic heterocycles. The first kappa shape index (κ1) is 27.1. The van der Waals surface area contributed by atoms with Crippen LogP contribution in [0.1, 0.15) is 79.1 Å². The Kier molecular flexibility index (Phi) is 8.84. The van der Waals surface area contributed by atoms with Crippen molar-refractivity contribution in [1.82, 2.24) is 0 Å². The third-order valence-corrected chi connectivity index (χ3v) is 9.14. The molecule has 190 valence electrons. The van der Waals surface area contributed by atoms with Crippen LogP contribution >= 0.6 is 0 Å². The fraction of sp³-hybridized carbons (Fsp3) is 0.667. The molecule has 3 aliphatic rings. The van der Waals surface area contributed by atoms with E-state index in [4.69, 9.17) is 0 Å². The summed E-state index contributed by atoms with van der Waals surface area (Å²) in [6.45, 7) is 12.3. The summed E-state index contributed by atoms with van der Waals surface area (Å²) in [6.07, 6.45) is 17.7. The molecule has 0 saturated heterocycles. The number of hydrogen-bond donors (Lipinski definition) is 4. The van der Waals surface area contributed by atoms with Crippen LogP contribution in [0.4, 0.5) is 0 Å². The highest BCUT2D eigenvalue weighted by atomic mass is 16.3. The molecular formula is C30H46O4. The largest absolute Gasteiger partial charge is 0.393 e. The van der Waals surface area contributed by atoms with E-state index in [0.717, 1.165) is 17.6 Å². The van der Waals surface area contributed by atoms with Gasteiger partial charge in [-0.25, -0.2) is 0 Å². The van der Waals surface area contributed by atoms with E-state index in [1.807, 2.05) is 19.1 Å². The normalized spacial score (nSPS) is 38.5. The van der Waals surface area contributed by atoms with Crippen LogP contribution in [0, 0.1) is 23.2 Å². The summed E-state index contributed by atoms with van der Waals surface area (Å²) >= 11 is 0. The molecule has 0 aromatic heterocycles. The summed E-state index contributed by atoms with van der Waals surface area (Å²) in [5, 5.41) is 40.5. The summed E-state index contributed by atoms with van der Waals surface area (Å²) in [5.74, 6) is 1.61. The molecule has 0 heterocycles. The van der Waals surface area contributed by atoms with Gasteiger partial charge in [0.15, 0.2) is 0 Å². The van der Waals surface area contributed by atoms with Crippen molar-refractivity contribution in [2.75, 3.05) is 0 Å². The van der Waals surface area contributed by atoms with Crippen LogP contribution < -0.4 is 0 Å². The smallest absolute Gasteiger partial charge is 0.108 e. The highest BCUT2D eigenvalue weighted by Crippen LogP contribution is 2.59. The summed E-state index contributed by atoms with van der Waals surface area (Å²) in [4.78, 5) is 0. The van der Waals surface area contributed by atoms with Crippen molar-refractivity contribution in [2.45, 2.75) is 103 Å². The average molecular weight is 471 g/mol. The molecule has 3 saturated carbocycles. The standard InChI is InChI=1S/C30H46O4/c1-6-30(34,22(4)31)17-8-7-10-20(2)26-14-15-27-23(11-9-16-29(26,27)5)12-13-24-18-25(32)19-28(33)21(24)3/h7-8,10,12-13,17,20,22,25-28,31-34H,3,6,9,11,14-16,18-19H2,1-2,4-5H3/b10-7+,17-8+,23-12+,24-13-/t20-,22+,25-,26-,27+,28+,29-,30+/m1/s1. The number of aliphatic hydroxyl groups is 4. The first-order valence-electron chi connectivity index (χ1n) is 13.2. The molecule has 34 heavy (non-hydrogen) atoms. The van der Waals surface area contributed by atoms with Gasteiger partial charge in [-0.05, 0) is 86.2 Å². The number of aliphatic hydroxyl groups excluding tert-OH is 3. The minimum atomic E-state index is -1.18. The Morgan fingerprint density at radius 2 is 1.91 bits per heavy atom. The molecule has 0 aromatic carbocycles. The number of allylic oxidation sites excluding steroid dienone is 6. The molecule has 4 heteroatoms. The summed E-state index contributed by atoms with van der Waals surface area (Å²) < 4.78 is 0. The van der Waals surface area contributed by atoms with Crippen LogP contribution in [0.5, 0.6) is 0 Å². The van der Waals surface area contributed by atoms with Gasteiger partial charge in [-0.2, -0.15) is 0 Å². The second kappa shape index (κ2) is 11.1. The highest BCUT2D eigenvalue weighted by Gasteiger charge is 2.50. The zero-order chi connectivity index (χ0) is 25.1. The van der Waals surface area contributed by atoms with Crippen LogP contribution in [-0.4, -0.2) is 44.3 Å². The van der Waals surface area contributed by atoms with Crippen LogP contribution in [0.15, 0.2) is 59.8 Å². The molecule has 0 amide bonds. The van der Waals surface area contributed by atoms with Crippen molar-refractivity contribution in [3.05, 3.63) is 59.8 Å². The molecule has 3 rings (SSSR count). The Morgan fingerprint density at radius 3 is 2.59 bits per heavy atom. The molecular weight excluding hydrogens is 424 g/mol. The van der Waals surface area contributed by atoms with Crippen molar-refractivity contribution in [1.29, 1.82) is 0 Å². The molecule has 0 unspecified atom stereocenters. The van der Waals surface area contributed by atoms with Crippen molar-refractivity contribution in [3.8, 4) is 0 Å². The Labute approximate surface area is 206 Å². The molecule has 0 aromatic rings. The fourth-order valence-electron chi connectivity index (χ4n) is 6.76. The maximum Gasteiger partial charge on any atom is 0.108 e. The van der Waals surface area contributed by atoms with Gasteiger partial charge in [0, 0.05) is 6.42 Å². The zero-order valence-electron chi connectivity index (χ0n) is 21.6. The maximum absolute atomic E-state index is 10.5. The van der Waals surface area contributed by atoms with Gasteiger partial charge in [-0.15, -0.1) is 0 Å². The Morgan fingerprint density at radius 1 is 1.18 bits per heavy atom. The quantitative estimate of drug-likeness (QED) is 0.376. The third kappa shape index (κ3) is 5.67. The maximum atomic E-state index is 10.5. The van der Waals surface area contributed by atoms with Gasteiger partial charge in [0.05, 0.1) is 18.3 Å². The lowest BCUT2D eigenvalue weighted by molar-refractivity contribution is -0.0314. The van der Waals surface area contributed by atoms with E-state index in [1.165, 1.54) is 31.3 Å². The molecule has 3 fully saturated rings. The second-order valence-electron chi connectivity index (χ2n) is 11.3. The van der Waals surface area contributed by atoms with E-state index in [9.17, 15) is 20.4 Å². The van der Waals surface area contributed by atoms with Crippen molar-refractivity contribution < 1.29 is 20.4 Å². The SMILES string of the molecule is C=C1/C(=C\C=C2/CCC[C@]3(C)[C@@H]([C@H](C)/C=C/C=C/[C@@](O)(CC)[C@H](C)O)CC[C@@H]23)C[C@@H](O)C[C@@H]1O. The Hall–Kier alpha value is -1.46. The van der Waals surface area contributed by atoms with Gasteiger partial charge in [-0.1, -0.05) is 69.4 Å². The van der Waals surface area contributed by atoms with Gasteiger partial charge < -0.3 is 20.4 Å². The topological polar surface area (TPSA) is 80.9 Å². The molecule has 0 bridgehead atoms. The molecule has 0 spiro atoms. The van der Waals surface area contributed by atoms with Crippen molar-refractivity contribution in [2.24, 2.45) is 23.2 Å². The van der Waals surface area contributed by atoms with Gasteiger partial charge in [0.2, 0.25) is 0 Å². The number of fused-ring (bicyclic) bond motifs is 1. The highest BCUT2D eigenvalue weighted by molar-refractivity contribution is 5.38. The molecule has 4 nitrogen and oxygen atoms in total. The van der Waals surface area contributed by atoms with E-state index in [1.54, 1.807) is 13.0 Å². The molecule has 0 radical (unpaired) electrons. The second-order valence-corrected chi connectivity index (χ2v) is 11.3. The summed E-state index contributed by atoms with van der Waals surface area (Å²) in [6, 6.07) is 0. The summed E-state index contributed by atoms with van der Waals surface area (Å²) in [5.41, 5.74) is 2.33. The third-order valence-electron chi connectivity index (χ3n) is 9.14. The zero-order valence-corrected chi connectivity index (χ0v) is 21.6. The van der Waals surface area contributed by atoms with Crippen molar-refractivity contribution in [3.63, 3.8) is 0 Å². The van der Waals surface area contributed by atoms with Crippen LogP contribution in [0.2, 0.25) is 0 Å². The van der Waals surface area contributed by atoms with Gasteiger partial charge in [-0.3, -0.25) is 0 Å². The fourth-order valence-corrected chi connectivity index (χ4v) is 6.76. The van der Waals surface area contributed by atoms with Gasteiger partial charge in [0.25, 0.3) is 0 Å². The van der Waals surface area contributed by atoms with Gasteiger partial charge >= 0.3 is 0 Å². The average Bonchev–Trinajstić information content (AvgIpc) is 3.15. The minimum absolute atomic E-state index is 0.266. The lowest BCUT2D eigenvalue weighted by Crippen LogP contribution is -2.37. The van der Waals surface area contributed by atoms with E-state index < -0.39 is 23.9 Å². The van der Waals surface area contributed by atoms with E-state index in [0.29, 0.717) is 37.0 Å². The van der Waals surface area contributed by atoms with Gasteiger partial charge in [0.1, 0.15) is 5.60 Å². The Balaban J connectivity index is 1.72. The first-order chi connectivity index (χ1) is 16.0. The Bertz CT molecular complexity index is 850. The lowest BCUT2D eigenvalue weighted by Gasteiger charge is -2.44. The van der Waals surface area contributed by atoms with E-state index in [2.05, 4.69) is 38.7 Å². The monoisotopic (exact) mass is 470 g/mol. The van der Waals surface area contributed by atoms with Crippen LogP contribution in [0.25, 0.3) is 0 Å². The lowest BCUT2D eigenvalue weighted by atomic mass is 9.61. The van der Waals surface area contributed by atoms with E-state index >= 15 is 0 Å².